The molecule has 0 aromatic heterocycles. The molecule has 8 nitrogen and oxygen atoms in total. The van der Waals surface area contributed by atoms with Crippen LogP contribution in [-0.2, 0) is 19.2 Å². The molecule has 20 heavy (non-hydrogen) atoms. The minimum Gasteiger partial charge on any atom is -0.369 e. The minimum absolute atomic E-state index is 0.00986. The second-order valence-corrected chi connectivity index (χ2v) is 7.11. The van der Waals surface area contributed by atoms with Crippen molar-refractivity contribution in [3.63, 3.8) is 0 Å². The Labute approximate surface area is 124 Å². The van der Waals surface area contributed by atoms with Gasteiger partial charge in [-0.25, -0.2) is 0 Å². The van der Waals surface area contributed by atoms with Crippen molar-refractivity contribution in [2.24, 2.45) is 33.8 Å². The van der Waals surface area contributed by atoms with Gasteiger partial charge in [0.15, 0.2) is 0 Å². The van der Waals surface area contributed by atoms with E-state index in [1.807, 2.05) is 0 Å². The number of nitrogens with two attached hydrogens (primary N) is 4. The molecule has 0 aliphatic carbocycles. The van der Waals surface area contributed by atoms with Crippen LogP contribution in [0.25, 0.3) is 0 Å². The fraction of sp³-hybridized carbons (Fsp3) is 0.600. The average Bonchev–Trinajstić information content (AvgIpc) is 2.32. The fourth-order valence-electron chi connectivity index (χ4n) is 0.846. The van der Waals surface area contributed by atoms with E-state index in [9.17, 15) is 19.2 Å². The summed E-state index contributed by atoms with van der Waals surface area (Å²) >= 11 is 0. The topological polar surface area (TPSA) is 172 Å². The van der Waals surface area contributed by atoms with Crippen LogP contribution in [0.5, 0.6) is 0 Å². The summed E-state index contributed by atoms with van der Waals surface area (Å²) in [6.07, 6.45) is 0. The van der Waals surface area contributed by atoms with Gasteiger partial charge in [0.1, 0.15) is 10.8 Å². The van der Waals surface area contributed by atoms with E-state index >= 15 is 0 Å². The van der Waals surface area contributed by atoms with E-state index in [1.165, 1.54) is 13.8 Å². The lowest BCUT2D eigenvalue weighted by Crippen LogP contribution is -2.48. The lowest BCUT2D eigenvalue weighted by molar-refractivity contribution is -0.138. The van der Waals surface area contributed by atoms with Gasteiger partial charge in [-0.15, -0.1) is 0 Å². The Bertz CT molecular complexity index is 373. The van der Waals surface area contributed by atoms with Gasteiger partial charge in [-0.05, 0) is 13.8 Å². The Morgan fingerprint density at radius 3 is 1.05 bits per heavy atom. The highest BCUT2D eigenvalue weighted by molar-refractivity contribution is 8.76. The molecule has 0 aromatic carbocycles. The molecule has 0 unspecified atom stereocenters. The molecule has 0 saturated carbocycles. The molecular formula is C10H18N4O4S2. The molecule has 0 atom stereocenters. The highest BCUT2D eigenvalue weighted by Gasteiger charge is 2.40. The zero-order chi connectivity index (χ0) is 16.1. The molecule has 0 aliphatic rings. The van der Waals surface area contributed by atoms with E-state index in [0.717, 1.165) is 21.6 Å². The molecule has 0 aliphatic heterocycles. The molecule has 0 fully saturated rings. The number of hydrogen-bond acceptors (Lipinski definition) is 6. The van der Waals surface area contributed by atoms with Crippen LogP contribution < -0.4 is 22.9 Å². The molecule has 10 heteroatoms. The van der Waals surface area contributed by atoms with E-state index in [4.69, 9.17) is 22.9 Å². The van der Waals surface area contributed by atoms with Crippen molar-refractivity contribution in [1.29, 1.82) is 0 Å². The lowest BCUT2D eigenvalue weighted by Gasteiger charge is -2.23. The summed E-state index contributed by atoms with van der Waals surface area (Å²) in [4.78, 5) is 44.9. The normalized spacial score (nSPS) is 11.9. The van der Waals surface area contributed by atoms with Crippen LogP contribution in [0.15, 0.2) is 0 Å². The quantitative estimate of drug-likeness (QED) is 0.224. The third kappa shape index (κ3) is 4.04. The Kier molecular flexibility index (Phi) is 6.35. The Hall–Kier alpha value is -1.42. The van der Waals surface area contributed by atoms with Crippen LogP contribution in [-0.4, -0.2) is 35.1 Å². The standard InChI is InChI=1S/C10H18N4O4S2/c1-9(5(11)15,6(12)16)3-19-20-4-10(2,7(13)17)8(14)18/h3-4H2,1-2H3,(H2,11,15)(H2,12,16)(H2,13,17)(H2,14,18). The molecule has 0 spiro atoms. The number of carbonyl (C=O) groups is 4. The summed E-state index contributed by atoms with van der Waals surface area (Å²) in [5, 5.41) is 0. The fourth-order valence-corrected chi connectivity index (χ4v) is 3.97. The van der Waals surface area contributed by atoms with Crippen LogP contribution in [0.3, 0.4) is 0 Å². The van der Waals surface area contributed by atoms with Crippen molar-refractivity contribution in [1.82, 2.24) is 0 Å². The van der Waals surface area contributed by atoms with Gasteiger partial charge in [0.25, 0.3) is 0 Å². The summed E-state index contributed by atoms with van der Waals surface area (Å²) in [6, 6.07) is 0. The zero-order valence-corrected chi connectivity index (χ0v) is 12.8. The van der Waals surface area contributed by atoms with Crippen molar-refractivity contribution >= 4 is 45.2 Å². The third-order valence-corrected chi connectivity index (χ3v) is 5.72. The predicted molar refractivity (Wildman–Crippen MR) is 77.9 cm³/mol. The maximum atomic E-state index is 11.2. The van der Waals surface area contributed by atoms with Gasteiger partial charge in [0.05, 0.1) is 0 Å². The van der Waals surface area contributed by atoms with E-state index < -0.39 is 34.5 Å². The van der Waals surface area contributed by atoms with Crippen molar-refractivity contribution in [3.8, 4) is 0 Å². The zero-order valence-electron chi connectivity index (χ0n) is 11.2. The van der Waals surface area contributed by atoms with Crippen LogP contribution in [0.4, 0.5) is 0 Å². The third-order valence-electron chi connectivity index (χ3n) is 2.95. The van der Waals surface area contributed by atoms with Gasteiger partial charge >= 0.3 is 0 Å². The maximum absolute atomic E-state index is 11.2. The number of hydrogen-bond donors (Lipinski definition) is 4. The highest BCUT2D eigenvalue weighted by atomic mass is 33.1. The van der Waals surface area contributed by atoms with E-state index in [1.54, 1.807) is 0 Å². The van der Waals surface area contributed by atoms with Gasteiger partial charge in [0.2, 0.25) is 23.6 Å². The summed E-state index contributed by atoms with van der Waals surface area (Å²) in [6.45, 7) is 2.65. The monoisotopic (exact) mass is 322 g/mol. The molecule has 0 radical (unpaired) electrons. The van der Waals surface area contributed by atoms with E-state index in [-0.39, 0.29) is 11.5 Å². The van der Waals surface area contributed by atoms with Crippen molar-refractivity contribution in [2.45, 2.75) is 13.8 Å². The summed E-state index contributed by atoms with van der Waals surface area (Å²) in [5.74, 6) is -3.35. The van der Waals surface area contributed by atoms with E-state index in [2.05, 4.69) is 0 Å². The molecule has 0 saturated heterocycles. The second kappa shape index (κ2) is 6.84. The lowest BCUT2D eigenvalue weighted by atomic mass is 9.92. The van der Waals surface area contributed by atoms with E-state index in [0.29, 0.717) is 0 Å². The summed E-state index contributed by atoms with van der Waals surface area (Å²) in [5.41, 5.74) is 17.5. The molecule has 114 valence electrons. The largest absolute Gasteiger partial charge is 0.369 e. The number of amides is 4. The summed E-state index contributed by atoms with van der Waals surface area (Å²) < 4.78 is 0. The molecule has 0 bridgehead atoms. The smallest absolute Gasteiger partial charge is 0.233 e. The van der Waals surface area contributed by atoms with Gasteiger partial charge in [-0.3, -0.25) is 19.2 Å². The number of rotatable bonds is 9. The second-order valence-electron chi connectivity index (χ2n) is 4.65. The average molecular weight is 322 g/mol. The van der Waals surface area contributed by atoms with Crippen LogP contribution >= 0.6 is 21.6 Å². The first kappa shape index (κ1) is 18.6. The molecular weight excluding hydrogens is 304 g/mol. The van der Waals surface area contributed by atoms with Crippen LogP contribution in [0.1, 0.15) is 13.8 Å². The SMILES string of the molecule is CC(CSSCC(C)(C(N)=O)C(N)=O)(C(N)=O)C(N)=O. The first-order valence-corrected chi connectivity index (χ1v) is 7.91. The first-order valence-electron chi connectivity index (χ1n) is 5.42. The van der Waals surface area contributed by atoms with Gasteiger partial charge in [-0.1, -0.05) is 21.6 Å². The molecule has 0 rings (SSSR count). The summed E-state index contributed by atoms with van der Waals surface area (Å²) in [7, 11) is 2.16. The predicted octanol–water partition coefficient (Wildman–Crippen LogP) is -1.68. The van der Waals surface area contributed by atoms with Crippen molar-refractivity contribution < 1.29 is 19.2 Å². The molecule has 0 heterocycles. The van der Waals surface area contributed by atoms with Gasteiger partial charge < -0.3 is 22.9 Å². The minimum atomic E-state index is -1.51. The van der Waals surface area contributed by atoms with Gasteiger partial charge in [0, 0.05) is 11.5 Å². The Morgan fingerprint density at radius 1 is 0.700 bits per heavy atom. The number of primary amides is 4. The first-order chi connectivity index (χ1) is 8.98. The maximum Gasteiger partial charge on any atom is 0.233 e. The molecule has 8 N–H and O–H groups in total. The van der Waals surface area contributed by atoms with Crippen molar-refractivity contribution in [3.05, 3.63) is 0 Å². The van der Waals surface area contributed by atoms with Crippen LogP contribution in [0.2, 0.25) is 0 Å². The van der Waals surface area contributed by atoms with Gasteiger partial charge in [-0.2, -0.15) is 0 Å². The Balaban J connectivity index is 4.60. The number of carbonyl (C=O) groups excluding carboxylic acids is 4. The molecule has 0 aromatic rings. The highest BCUT2D eigenvalue weighted by Crippen LogP contribution is 2.34. The molecule has 4 amide bonds. The Morgan fingerprint density at radius 2 is 0.900 bits per heavy atom. The van der Waals surface area contributed by atoms with Crippen LogP contribution in [0, 0.1) is 10.8 Å². The van der Waals surface area contributed by atoms with Crippen molar-refractivity contribution in [2.75, 3.05) is 11.5 Å².